The molecule has 2 aromatic heterocycles. The third kappa shape index (κ3) is 4.90. The first kappa shape index (κ1) is 20.3. The van der Waals surface area contributed by atoms with Gasteiger partial charge < -0.3 is 9.73 Å². The van der Waals surface area contributed by atoms with E-state index >= 15 is 0 Å². The Balaban J connectivity index is 1.65. The molecule has 0 atom stereocenters. The van der Waals surface area contributed by atoms with Crippen molar-refractivity contribution in [1.29, 1.82) is 0 Å². The molecule has 0 aliphatic heterocycles. The highest BCUT2D eigenvalue weighted by Crippen LogP contribution is 2.27. The number of carbonyl (C=O) groups excluding carboxylic acids is 2. The van der Waals surface area contributed by atoms with Crippen LogP contribution in [0, 0.1) is 0 Å². The lowest BCUT2D eigenvalue weighted by Gasteiger charge is -2.08. The third-order valence-electron chi connectivity index (χ3n) is 3.87. The highest BCUT2D eigenvalue weighted by atomic mass is 79.9. The molecule has 0 aliphatic rings. The first-order chi connectivity index (χ1) is 13.5. The number of nitrogens with zero attached hydrogens (tertiary/aromatic N) is 3. The van der Waals surface area contributed by atoms with Gasteiger partial charge in [0, 0.05) is 17.8 Å². The number of hydrogen-bond acceptors (Lipinski definition) is 6. The summed E-state index contributed by atoms with van der Waals surface area (Å²) in [4.78, 5) is 23.6. The molecule has 0 unspecified atom stereocenters. The first-order valence-corrected chi connectivity index (χ1v) is 10.5. The van der Waals surface area contributed by atoms with Crippen LogP contribution in [0.5, 0.6) is 0 Å². The number of benzene rings is 1. The van der Waals surface area contributed by atoms with Gasteiger partial charge in [0.05, 0.1) is 5.75 Å². The molecule has 146 valence electrons. The van der Waals surface area contributed by atoms with Gasteiger partial charge in [0.15, 0.2) is 21.4 Å². The minimum atomic E-state index is -0.158. The van der Waals surface area contributed by atoms with Crippen LogP contribution in [0.3, 0.4) is 0 Å². The lowest BCUT2D eigenvalue weighted by atomic mass is 10.1. The number of amides is 1. The molecule has 0 fully saturated rings. The van der Waals surface area contributed by atoms with E-state index in [4.69, 9.17) is 4.42 Å². The van der Waals surface area contributed by atoms with Crippen LogP contribution < -0.4 is 5.32 Å². The van der Waals surface area contributed by atoms with E-state index in [-0.39, 0.29) is 17.4 Å². The summed E-state index contributed by atoms with van der Waals surface area (Å²) in [7, 11) is 0. The Morgan fingerprint density at radius 2 is 1.93 bits per heavy atom. The molecule has 28 heavy (non-hydrogen) atoms. The molecule has 0 radical (unpaired) electrons. The Morgan fingerprint density at radius 3 is 2.54 bits per heavy atom. The van der Waals surface area contributed by atoms with E-state index in [1.165, 1.54) is 18.7 Å². The standard InChI is InChI=1S/C19H19BrN4O3S/c1-3-10-24-18(15-8-9-16(20)27-15)22-23-19(24)28-11-17(26)21-14-6-4-13(5-7-14)12(2)25/h4-9H,3,10-11H2,1-2H3,(H,21,26). The fourth-order valence-electron chi connectivity index (χ4n) is 2.55. The Bertz CT molecular complexity index is 981. The molecule has 7 nitrogen and oxygen atoms in total. The van der Waals surface area contributed by atoms with Crippen LogP contribution in [0.15, 0.2) is 50.6 Å². The van der Waals surface area contributed by atoms with Crippen molar-refractivity contribution in [3.05, 3.63) is 46.6 Å². The van der Waals surface area contributed by atoms with Crippen LogP contribution in [-0.4, -0.2) is 32.2 Å². The van der Waals surface area contributed by atoms with Crippen LogP contribution in [0.25, 0.3) is 11.6 Å². The van der Waals surface area contributed by atoms with Crippen LogP contribution in [0.4, 0.5) is 5.69 Å². The highest BCUT2D eigenvalue weighted by molar-refractivity contribution is 9.10. The van der Waals surface area contributed by atoms with Crippen LogP contribution >= 0.6 is 27.7 Å². The number of furan rings is 1. The Kier molecular flexibility index (Phi) is 6.69. The van der Waals surface area contributed by atoms with Gasteiger partial charge in [-0.1, -0.05) is 18.7 Å². The molecule has 0 spiro atoms. The average molecular weight is 463 g/mol. The second-order valence-electron chi connectivity index (χ2n) is 6.03. The Hall–Kier alpha value is -2.39. The summed E-state index contributed by atoms with van der Waals surface area (Å²) < 4.78 is 8.15. The van der Waals surface area contributed by atoms with Crippen molar-refractivity contribution in [3.8, 4) is 11.6 Å². The van der Waals surface area contributed by atoms with Gasteiger partial charge in [0.25, 0.3) is 0 Å². The van der Waals surface area contributed by atoms with Crippen LogP contribution in [0.1, 0.15) is 30.6 Å². The van der Waals surface area contributed by atoms with E-state index in [1.807, 2.05) is 10.6 Å². The van der Waals surface area contributed by atoms with Gasteiger partial charge in [-0.2, -0.15) is 0 Å². The molecule has 0 saturated carbocycles. The second-order valence-corrected chi connectivity index (χ2v) is 7.76. The third-order valence-corrected chi connectivity index (χ3v) is 5.26. The predicted octanol–water partition coefficient (Wildman–Crippen LogP) is 4.64. The number of hydrogen-bond donors (Lipinski definition) is 1. The summed E-state index contributed by atoms with van der Waals surface area (Å²) in [5.74, 6) is 1.28. The van der Waals surface area contributed by atoms with Gasteiger partial charge in [-0.3, -0.25) is 14.2 Å². The zero-order chi connectivity index (χ0) is 20.1. The van der Waals surface area contributed by atoms with Crippen molar-refractivity contribution in [2.45, 2.75) is 32.0 Å². The van der Waals surface area contributed by atoms with E-state index in [2.05, 4.69) is 38.4 Å². The number of nitrogens with one attached hydrogen (secondary N) is 1. The molecule has 1 amide bonds. The van der Waals surface area contributed by atoms with E-state index in [9.17, 15) is 9.59 Å². The molecule has 0 saturated heterocycles. The van der Waals surface area contributed by atoms with Crippen LogP contribution in [-0.2, 0) is 11.3 Å². The summed E-state index contributed by atoms with van der Waals surface area (Å²) in [5.41, 5.74) is 1.25. The van der Waals surface area contributed by atoms with Crippen LogP contribution in [0.2, 0.25) is 0 Å². The SMILES string of the molecule is CCCn1c(SCC(=O)Nc2ccc(C(C)=O)cc2)nnc1-c1ccc(Br)o1. The fourth-order valence-corrected chi connectivity index (χ4v) is 3.62. The van der Waals surface area contributed by atoms with Gasteiger partial charge in [0.2, 0.25) is 11.7 Å². The maximum absolute atomic E-state index is 12.3. The topological polar surface area (TPSA) is 90.0 Å². The number of halogens is 1. The molecular weight excluding hydrogens is 444 g/mol. The Morgan fingerprint density at radius 1 is 1.18 bits per heavy atom. The van der Waals surface area contributed by atoms with Crippen molar-refractivity contribution < 1.29 is 14.0 Å². The van der Waals surface area contributed by atoms with E-state index in [0.29, 0.717) is 32.7 Å². The number of Topliss-reactive ketones (excluding diaryl/α,β-unsaturated/α-hetero) is 1. The summed E-state index contributed by atoms with van der Waals surface area (Å²) >= 11 is 4.61. The van der Waals surface area contributed by atoms with Crippen molar-refractivity contribution in [3.63, 3.8) is 0 Å². The monoisotopic (exact) mass is 462 g/mol. The number of rotatable bonds is 8. The molecule has 1 aromatic carbocycles. The first-order valence-electron chi connectivity index (χ1n) is 8.70. The van der Waals surface area contributed by atoms with Crippen molar-refractivity contribution in [2.24, 2.45) is 0 Å². The van der Waals surface area contributed by atoms with Gasteiger partial charge >= 0.3 is 0 Å². The lowest BCUT2D eigenvalue weighted by molar-refractivity contribution is -0.113. The summed E-state index contributed by atoms with van der Waals surface area (Å²) in [5, 5.41) is 11.9. The number of thioether (sulfide) groups is 1. The number of aromatic nitrogens is 3. The predicted molar refractivity (Wildman–Crippen MR) is 112 cm³/mol. The largest absolute Gasteiger partial charge is 0.446 e. The molecule has 0 bridgehead atoms. The number of ketones is 1. The Labute approximate surface area is 175 Å². The maximum Gasteiger partial charge on any atom is 0.234 e. The van der Waals surface area contributed by atoms with Gasteiger partial charge in [-0.05, 0) is 65.7 Å². The average Bonchev–Trinajstić information content (AvgIpc) is 3.27. The molecular formula is C19H19BrN4O3S. The zero-order valence-electron chi connectivity index (χ0n) is 15.4. The molecule has 9 heteroatoms. The zero-order valence-corrected chi connectivity index (χ0v) is 17.8. The highest BCUT2D eigenvalue weighted by Gasteiger charge is 2.17. The molecule has 0 aliphatic carbocycles. The summed E-state index contributed by atoms with van der Waals surface area (Å²) in [6.07, 6.45) is 0.898. The van der Waals surface area contributed by atoms with Crippen molar-refractivity contribution in [2.75, 3.05) is 11.1 Å². The van der Waals surface area contributed by atoms with E-state index < -0.39 is 0 Å². The van der Waals surface area contributed by atoms with E-state index in [1.54, 1.807) is 30.3 Å². The van der Waals surface area contributed by atoms with Gasteiger partial charge in [-0.25, -0.2) is 0 Å². The molecule has 2 heterocycles. The minimum Gasteiger partial charge on any atom is -0.446 e. The van der Waals surface area contributed by atoms with Crippen molar-refractivity contribution in [1.82, 2.24) is 14.8 Å². The number of carbonyl (C=O) groups is 2. The molecule has 3 rings (SSSR count). The maximum atomic E-state index is 12.3. The normalized spacial score (nSPS) is 10.8. The summed E-state index contributed by atoms with van der Waals surface area (Å²) in [6, 6.07) is 10.4. The minimum absolute atomic E-state index is 0.0110. The fraction of sp³-hybridized carbons (Fsp3) is 0.263. The quantitative estimate of drug-likeness (QED) is 0.387. The van der Waals surface area contributed by atoms with E-state index in [0.717, 1.165) is 13.0 Å². The number of anilines is 1. The molecule has 3 aromatic rings. The molecule has 1 N–H and O–H groups in total. The second kappa shape index (κ2) is 9.20. The lowest BCUT2D eigenvalue weighted by Crippen LogP contribution is -2.14. The van der Waals surface area contributed by atoms with Crippen molar-refractivity contribution >= 4 is 45.1 Å². The van der Waals surface area contributed by atoms with Gasteiger partial charge in [0.1, 0.15) is 0 Å². The summed E-state index contributed by atoms with van der Waals surface area (Å²) in [6.45, 7) is 4.29. The smallest absolute Gasteiger partial charge is 0.234 e. The van der Waals surface area contributed by atoms with Gasteiger partial charge in [-0.15, -0.1) is 10.2 Å².